The van der Waals surface area contributed by atoms with Crippen LogP contribution < -0.4 is 5.32 Å². The van der Waals surface area contributed by atoms with Crippen LogP contribution in [0.25, 0.3) is 0 Å². The van der Waals surface area contributed by atoms with E-state index in [9.17, 15) is 0 Å². The van der Waals surface area contributed by atoms with Gasteiger partial charge in [-0.05, 0) is 38.1 Å². The number of nitrogens with zero attached hydrogens (tertiary/aromatic N) is 1. The highest BCUT2D eigenvalue weighted by molar-refractivity contribution is 4.89. The zero-order valence-electron chi connectivity index (χ0n) is 12.0. The number of nitriles is 1. The van der Waals surface area contributed by atoms with E-state index >= 15 is 0 Å². The molecule has 0 amide bonds. The lowest BCUT2D eigenvalue weighted by Crippen LogP contribution is -2.31. The average molecular weight is 252 g/mol. The number of hydrogen-bond acceptors (Lipinski definition) is 3. The molecule has 3 nitrogen and oxygen atoms in total. The molecule has 0 heterocycles. The van der Waals surface area contributed by atoms with Gasteiger partial charge in [0, 0.05) is 6.61 Å². The van der Waals surface area contributed by atoms with E-state index in [-0.39, 0.29) is 6.04 Å². The number of rotatable bonds is 8. The van der Waals surface area contributed by atoms with Crippen molar-refractivity contribution in [1.82, 2.24) is 5.32 Å². The average Bonchev–Trinajstić information content (AvgIpc) is 2.43. The normalized spacial score (nSPS) is 25.6. The van der Waals surface area contributed by atoms with Crippen LogP contribution in [0.4, 0.5) is 0 Å². The quantitative estimate of drug-likeness (QED) is 0.721. The molecular weight excluding hydrogens is 224 g/mol. The summed E-state index contributed by atoms with van der Waals surface area (Å²) in [7, 11) is 0. The molecule has 1 aliphatic rings. The third-order valence-electron chi connectivity index (χ3n) is 3.87. The molecule has 1 N–H and O–H groups in total. The second-order valence-corrected chi connectivity index (χ2v) is 5.36. The molecule has 0 saturated heterocycles. The fourth-order valence-electron chi connectivity index (χ4n) is 2.65. The van der Waals surface area contributed by atoms with Gasteiger partial charge in [-0.3, -0.25) is 0 Å². The highest BCUT2D eigenvalue weighted by atomic mass is 16.5. The molecule has 3 unspecified atom stereocenters. The van der Waals surface area contributed by atoms with E-state index in [1.807, 2.05) is 0 Å². The Labute approximate surface area is 112 Å². The van der Waals surface area contributed by atoms with E-state index in [2.05, 4.69) is 25.2 Å². The van der Waals surface area contributed by atoms with Gasteiger partial charge in [-0.2, -0.15) is 5.26 Å². The van der Waals surface area contributed by atoms with Crippen molar-refractivity contribution in [1.29, 1.82) is 5.26 Å². The zero-order chi connectivity index (χ0) is 13.2. The van der Waals surface area contributed by atoms with Gasteiger partial charge in [-0.1, -0.05) is 33.1 Å². The molecule has 0 spiro atoms. The van der Waals surface area contributed by atoms with E-state index in [0.717, 1.165) is 31.9 Å². The fourth-order valence-corrected chi connectivity index (χ4v) is 2.65. The Bertz CT molecular complexity index is 249. The van der Waals surface area contributed by atoms with Crippen LogP contribution in [0.3, 0.4) is 0 Å². The standard InChI is InChI=1S/C15H28N2O/c1-3-9-17-14(12-16)8-10-18-15-7-5-6-13(4-2)11-15/h13-15,17H,3-11H2,1-2H3. The number of nitrogens with one attached hydrogen (secondary N) is 1. The van der Waals surface area contributed by atoms with Gasteiger partial charge < -0.3 is 10.1 Å². The minimum Gasteiger partial charge on any atom is -0.378 e. The summed E-state index contributed by atoms with van der Waals surface area (Å²) in [6.07, 6.45) is 8.69. The third-order valence-corrected chi connectivity index (χ3v) is 3.87. The predicted octanol–water partition coefficient (Wildman–Crippen LogP) is 3.25. The minimum atomic E-state index is -0.0458. The Kier molecular flexibility index (Phi) is 8.04. The van der Waals surface area contributed by atoms with Crippen LogP contribution in [0.2, 0.25) is 0 Å². The molecule has 1 fully saturated rings. The summed E-state index contributed by atoms with van der Waals surface area (Å²) in [5.74, 6) is 0.855. The second-order valence-electron chi connectivity index (χ2n) is 5.36. The first-order valence-corrected chi connectivity index (χ1v) is 7.54. The summed E-state index contributed by atoms with van der Waals surface area (Å²) >= 11 is 0. The minimum absolute atomic E-state index is 0.0458. The lowest BCUT2D eigenvalue weighted by atomic mass is 9.85. The van der Waals surface area contributed by atoms with E-state index in [1.165, 1.54) is 32.1 Å². The Morgan fingerprint density at radius 3 is 2.89 bits per heavy atom. The largest absolute Gasteiger partial charge is 0.378 e. The molecule has 3 heteroatoms. The predicted molar refractivity (Wildman–Crippen MR) is 74.3 cm³/mol. The SMILES string of the molecule is CCCNC(C#N)CCOC1CCCC(CC)C1. The van der Waals surface area contributed by atoms with Crippen LogP contribution in [0.1, 0.15) is 58.8 Å². The van der Waals surface area contributed by atoms with Crippen molar-refractivity contribution in [3.63, 3.8) is 0 Å². The summed E-state index contributed by atoms with van der Waals surface area (Å²) in [5.41, 5.74) is 0. The fraction of sp³-hybridized carbons (Fsp3) is 0.933. The van der Waals surface area contributed by atoms with Crippen LogP contribution in [0.15, 0.2) is 0 Å². The molecule has 0 aromatic heterocycles. The first-order valence-electron chi connectivity index (χ1n) is 7.54. The molecular formula is C15H28N2O. The smallest absolute Gasteiger partial charge is 0.0975 e. The van der Waals surface area contributed by atoms with Gasteiger partial charge in [-0.25, -0.2) is 0 Å². The van der Waals surface area contributed by atoms with Crippen molar-refractivity contribution in [3.05, 3.63) is 0 Å². The van der Waals surface area contributed by atoms with Crippen molar-refractivity contribution in [2.24, 2.45) is 5.92 Å². The molecule has 0 aromatic carbocycles. The maximum atomic E-state index is 9.00. The first-order chi connectivity index (χ1) is 8.80. The summed E-state index contributed by atoms with van der Waals surface area (Å²) in [6.45, 7) is 6.02. The van der Waals surface area contributed by atoms with Crippen molar-refractivity contribution >= 4 is 0 Å². The van der Waals surface area contributed by atoms with Crippen molar-refractivity contribution in [2.45, 2.75) is 70.9 Å². The van der Waals surface area contributed by atoms with Gasteiger partial charge in [0.1, 0.15) is 0 Å². The van der Waals surface area contributed by atoms with Gasteiger partial charge >= 0.3 is 0 Å². The van der Waals surface area contributed by atoms with Crippen LogP contribution in [0, 0.1) is 17.2 Å². The molecule has 18 heavy (non-hydrogen) atoms. The molecule has 0 bridgehead atoms. The Balaban J connectivity index is 2.14. The van der Waals surface area contributed by atoms with Crippen LogP contribution in [0.5, 0.6) is 0 Å². The van der Waals surface area contributed by atoms with Crippen molar-refractivity contribution in [2.75, 3.05) is 13.2 Å². The Morgan fingerprint density at radius 1 is 1.39 bits per heavy atom. The molecule has 1 rings (SSSR count). The molecule has 0 aliphatic heterocycles. The third kappa shape index (κ3) is 5.84. The Morgan fingerprint density at radius 2 is 2.22 bits per heavy atom. The highest BCUT2D eigenvalue weighted by Gasteiger charge is 2.21. The van der Waals surface area contributed by atoms with Gasteiger partial charge in [0.05, 0.1) is 18.2 Å². The Hall–Kier alpha value is -0.590. The van der Waals surface area contributed by atoms with Gasteiger partial charge in [0.25, 0.3) is 0 Å². The molecule has 1 saturated carbocycles. The summed E-state index contributed by atoms with van der Waals surface area (Å²) in [6, 6.07) is 2.26. The van der Waals surface area contributed by atoms with E-state index in [4.69, 9.17) is 10.00 Å². The number of hydrogen-bond donors (Lipinski definition) is 1. The monoisotopic (exact) mass is 252 g/mol. The van der Waals surface area contributed by atoms with Gasteiger partial charge in [0.15, 0.2) is 0 Å². The van der Waals surface area contributed by atoms with Crippen LogP contribution in [-0.4, -0.2) is 25.3 Å². The van der Waals surface area contributed by atoms with Gasteiger partial charge in [-0.15, -0.1) is 0 Å². The van der Waals surface area contributed by atoms with Crippen molar-refractivity contribution in [3.8, 4) is 6.07 Å². The zero-order valence-corrected chi connectivity index (χ0v) is 12.0. The summed E-state index contributed by atoms with van der Waals surface area (Å²) in [4.78, 5) is 0. The van der Waals surface area contributed by atoms with E-state index in [1.54, 1.807) is 0 Å². The first kappa shape index (κ1) is 15.5. The van der Waals surface area contributed by atoms with Gasteiger partial charge in [0.2, 0.25) is 0 Å². The van der Waals surface area contributed by atoms with Crippen molar-refractivity contribution < 1.29 is 4.74 Å². The maximum absolute atomic E-state index is 9.00. The van der Waals surface area contributed by atoms with Crippen LogP contribution in [-0.2, 0) is 4.74 Å². The highest BCUT2D eigenvalue weighted by Crippen LogP contribution is 2.28. The molecule has 0 radical (unpaired) electrons. The summed E-state index contributed by atoms with van der Waals surface area (Å²) in [5, 5.41) is 12.2. The molecule has 104 valence electrons. The maximum Gasteiger partial charge on any atom is 0.0975 e. The summed E-state index contributed by atoms with van der Waals surface area (Å²) < 4.78 is 5.94. The molecule has 1 aliphatic carbocycles. The topological polar surface area (TPSA) is 45.0 Å². The lowest BCUT2D eigenvalue weighted by Gasteiger charge is -2.28. The van der Waals surface area contributed by atoms with E-state index < -0.39 is 0 Å². The number of ether oxygens (including phenoxy) is 1. The second kappa shape index (κ2) is 9.35. The molecule has 3 atom stereocenters. The lowest BCUT2D eigenvalue weighted by molar-refractivity contribution is 0.00987. The van der Waals surface area contributed by atoms with E-state index in [0.29, 0.717) is 6.10 Å². The molecule has 0 aromatic rings. The van der Waals surface area contributed by atoms with Crippen LogP contribution >= 0.6 is 0 Å².